The van der Waals surface area contributed by atoms with E-state index >= 15 is 0 Å². The molecule has 6 nitrogen and oxygen atoms in total. The molecule has 0 saturated heterocycles. The van der Waals surface area contributed by atoms with Crippen molar-refractivity contribution in [3.05, 3.63) is 96.2 Å². The highest BCUT2D eigenvalue weighted by atomic mass is 32.2. The van der Waals surface area contributed by atoms with Gasteiger partial charge in [0, 0.05) is 23.5 Å². The number of H-pyrrole nitrogens is 1. The summed E-state index contributed by atoms with van der Waals surface area (Å²) in [6, 6.07) is 24.6. The molecule has 7 heteroatoms. The molecular weight excluding hydrogens is 448 g/mol. The third-order valence-corrected chi connectivity index (χ3v) is 6.44. The van der Waals surface area contributed by atoms with Crippen LogP contribution in [0.5, 0.6) is 0 Å². The molecule has 0 fully saturated rings. The number of hydrogen-bond donors (Lipinski definition) is 3. The number of aromatic amines is 1. The first-order chi connectivity index (χ1) is 16.5. The quantitative estimate of drug-likeness (QED) is 0.334. The van der Waals surface area contributed by atoms with Crippen LogP contribution < -0.4 is 5.32 Å². The van der Waals surface area contributed by atoms with E-state index in [9.17, 15) is 14.4 Å². The van der Waals surface area contributed by atoms with Gasteiger partial charge in [-0.15, -0.1) is 0 Å². The Balaban J connectivity index is 1.46. The van der Waals surface area contributed by atoms with Gasteiger partial charge >= 0.3 is 5.97 Å². The molecule has 3 N–H and O–H groups in total. The third-order valence-electron chi connectivity index (χ3n) is 5.48. The molecule has 3 aromatic carbocycles. The van der Waals surface area contributed by atoms with E-state index in [1.165, 1.54) is 0 Å². The Hall–Kier alpha value is -3.84. The molecule has 4 rings (SSSR count). The van der Waals surface area contributed by atoms with E-state index in [-0.39, 0.29) is 29.6 Å². The standard InChI is InChI=1S/C27H24N2O4S/c30-25(14-18-10-12-20(13-11-18)19-6-2-1-3-7-19)29-24(27(33)34-17-26(31)32)15-21-16-28-23-9-5-4-8-22(21)23/h1-13,16,24,28H,14-15,17H2,(H,29,30)(H,31,32)/t24-/m0/s1. The van der Waals surface area contributed by atoms with Crippen LogP contribution in [0.4, 0.5) is 0 Å². The number of carbonyl (C=O) groups excluding carboxylic acids is 2. The van der Waals surface area contributed by atoms with Gasteiger partial charge in [-0.3, -0.25) is 14.4 Å². The van der Waals surface area contributed by atoms with E-state index in [4.69, 9.17) is 5.11 Å². The Labute approximate surface area is 201 Å². The molecule has 1 atom stereocenters. The molecular formula is C27H24N2O4S. The van der Waals surface area contributed by atoms with Crippen LogP contribution in [0.25, 0.3) is 22.0 Å². The predicted molar refractivity (Wildman–Crippen MR) is 135 cm³/mol. The largest absolute Gasteiger partial charge is 0.481 e. The van der Waals surface area contributed by atoms with Crippen LogP contribution in [-0.2, 0) is 27.2 Å². The number of hydrogen-bond acceptors (Lipinski definition) is 4. The first-order valence-corrected chi connectivity index (χ1v) is 11.9. The average Bonchev–Trinajstić information content (AvgIpc) is 3.26. The molecule has 0 radical (unpaired) electrons. The van der Waals surface area contributed by atoms with Crippen molar-refractivity contribution < 1.29 is 19.5 Å². The number of para-hydroxylation sites is 1. The minimum atomic E-state index is -1.07. The molecule has 172 valence electrons. The summed E-state index contributed by atoms with van der Waals surface area (Å²) >= 11 is 0.704. The maximum atomic E-state index is 12.8. The summed E-state index contributed by atoms with van der Waals surface area (Å²) in [4.78, 5) is 39.7. The SMILES string of the molecule is O=C(O)CSC(=O)[C@H](Cc1c[nH]c2ccccc12)NC(=O)Cc1ccc(-c2ccccc2)cc1. The summed E-state index contributed by atoms with van der Waals surface area (Å²) in [6.45, 7) is 0. The van der Waals surface area contributed by atoms with Crippen molar-refractivity contribution in [1.82, 2.24) is 10.3 Å². The zero-order chi connectivity index (χ0) is 23.9. The maximum absolute atomic E-state index is 12.8. The zero-order valence-corrected chi connectivity index (χ0v) is 19.2. The number of rotatable bonds is 9. The van der Waals surface area contributed by atoms with Crippen molar-refractivity contribution in [3.8, 4) is 11.1 Å². The van der Waals surface area contributed by atoms with Gasteiger partial charge in [-0.05, 0) is 28.3 Å². The van der Waals surface area contributed by atoms with Crippen molar-refractivity contribution in [2.75, 3.05) is 5.75 Å². The molecule has 0 spiro atoms. The fourth-order valence-electron chi connectivity index (χ4n) is 3.82. The van der Waals surface area contributed by atoms with E-state index in [2.05, 4.69) is 10.3 Å². The highest BCUT2D eigenvalue weighted by Crippen LogP contribution is 2.22. The highest BCUT2D eigenvalue weighted by molar-refractivity contribution is 8.14. The van der Waals surface area contributed by atoms with E-state index in [0.717, 1.165) is 33.2 Å². The van der Waals surface area contributed by atoms with Gasteiger partial charge in [0.1, 0.15) is 6.04 Å². The van der Waals surface area contributed by atoms with Gasteiger partial charge in [-0.2, -0.15) is 0 Å². The Bertz CT molecular complexity index is 1300. The summed E-state index contributed by atoms with van der Waals surface area (Å²) in [5.74, 6) is -1.71. The number of thioether (sulfide) groups is 1. The Kier molecular flexibility index (Phi) is 7.44. The molecule has 0 unspecified atom stereocenters. The van der Waals surface area contributed by atoms with Crippen LogP contribution in [0.3, 0.4) is 0 Å². The summed E-state index contributed by atoms with van der Waals surface area (Å²) in [5.41, 5.74) is 4.80. The molecule has 0 aliphatic heterocycles. The number of carbonyl (C=O) groups is 3. The van der Waals surface area contributed by atoms with Crippen LogP contribution >= 0.6 is 11.8 Å². The molecule has 1 aromatic heterocycles. The number of carboxylic acid groups (broad SMARTS) is 1. The van der Waals surface area contributed by atoms with Crippen LogP contribution in [-0.4, -0.2) is 38.9 Å². The van der Waals surface area contributed by atoms with E-state index in [1.54, 1.807) is 0 Å². The van der Waals surface area contributed by atoms with Crippen molar-refractivity contribution >= 4 is 39.7 Å². The lowest BCUT2D eigenvalue weighted by atomic mass is 10.0. The van der Waals surface area contributed by atoms with Crippen molar-refractivity contribution in [2.45, 2.75) is 18.9 Å². The first-order valence-electron chi connectivity index (χ1n) is 10.9. The van der Waals surface area contributed by atoms with E-state index < -0.39 is 12.0 Å². The van der Waals surface area contributed by atoms with Gasteiger partial charge in [0.25, 0.3) is 0 Å². The summed E-state index contributed by atoms with van der Waals surface area (Å²) in [7, 11) is 0. The lowest BCUT2D eigenvalue weighted by molar-refractivity contribution is -0.134. The molecule has 1 amide bonds. The number of benzene rings is 3. The Morgan fingerprint density at radius 3 is 2.29 bits per heavy atom. The topological polar surface area (TPSA) is 99.3 Å². The maximum Gasteiger partial charge on any atom is 0.313 e. The lowest BCUT2D eigenvalue weighted by Gasteiger charge is -2.17. The molecule has 0 saturated carbocycles. The van der Waals surface area contributed by atoms with Gasteiger partial charge in [-0.25, -0.2) is 0 Å². The van der Waals surface area contributed by atoms with Crippen LogP contribution in [0, 0.1) is 0 Å². The van der Waals surface area contributed by atoms with Crippen LogP contribution in [0.15, 0.2) is 85.1 Å². The summed E-state index contributed by atoms with van der Waals surface area (Å²) in [6.07, 6.45) is 2.21. The van der Waals surface area contributed by atoms with Crippen LogP contribution in [0.1, 0.15) is 11.1 Å². The fourth-order valence-corrected chi connectivity index (χ4v) is 4.43. The van der Waals surface area contributed by atoms with Gasteiger partial charge in [0.05, 0.1) is 12.2 Å². The Morgan fingerprint density at radius 1 is 0.882 bits per heavy atom. The van der Waals surface area contributed by atoms with Crippen molar-refractivity contribution in [3.63, 3.8) is 0 Å². The third kappa shape index (κ3) is 5.94. The number of fused-ring (bicyclic) bond motifs is 1. The fraction of sp³-hybridized carbons (Fsp3) is 0.148. The van der Waals surface area contributed by atoms with Crippen molar-refractivity contribution in [1.29, 1.82) is 0 Å². The number of aliphatic carboxylic acids is 1. The highest BCUT2D eigenvalue weighted by Gasteiger charge is 2.24. The van der Waals surface area contributed by atoms with Gasteiger partial charge in [0.2, 0.25) is 11.0 Å². The molecule has 0 aliphatic rings. The van der Waals surface area contributed by atoms with Gasteiger partial charge < -0.3 is 15.4 Å². The number of aromatic nitrogens is 1. The number of amides is 1. The number of carboxylic acids is 1. The molecule has 0 bridgehead atoms. The second-order valence-electron chi connectivity index (χ2n) is 7.92. The van der Waals surface area contributed by atoms with Gasteiger partial charge in [0.15, 0.2) is 0 Å². The van der Waals surface area contributed by atoms with E-state index in [0.29, 0.717) is 11.8 Å². The number of nitrogens with one attached hydrogen (secondary N) is 2. The first kappa shape index (κ1) is 23.3. The van der Waals surface area contributed by atoms with Crippen molar-refractivity contribution in [2.24, 2.45) is 0 Å². The summed E-state index contributed by atoms with van der Waals surface area (Å²) < 4.78 is 0. The predicted octanol–water partition coefficient (Wildman–Crippen LogP) is 4.45. The smallest absolute Gasteiger partial charge is 0.313 e. The molecule has 4 aromatic rings. The molecule has 34 heavy (non-hydrogen) atoms. The minimum absolute atomic E-state index is 0.121. The van der Waals surface area contributed by atoms with Gasteiger partial charge in [-0.1, -0.05) is 84.6 Å². The second-order valence-corrected chi connectivity index (χ2v) is 8.90. The second kappa shape index (κ2) is 10.9. The Morgan fingerprint density at radius 2 is 1.56 bits per heavy atom. The summed E-state index contributed by atoms with van der Waals surface area (Å²) in [5, 5.41) is 12.4. The zero-order valence-electron chi connectivity index (χ0n) is 18.4. The minimum Gasteiger partial charge on any atom is -0.481 e. The lowest BCUT2D eigenvalue weighted by Crippen LogP contribution is -2.42. The monoisotopic (exact) mass is 472 g/mol. The van der Waals surface area contributed by atoms with Crippen LogP contribution in [0.2, 0.25) is 0 Å². The van der Waals surface area contributed by atoms with E-state index in [1.807, 2.05) is 85.1 Å². The average molecular weight is 473 g/mol. The molecule has 1 heterocycles. The molecule has 0 aliphatic carbocycles. The normalized spacial score (nSPS) is 11.8.